The van der Waals surface area contributed by atoms with Crippen LogP contribution in [0.25, 0.3) is 0 Å². The molecule has 0 amide bonds. The van der Waals surface area contributed by atoms with E-state index >= 15 is 0 Å². The Morgan fingerprint density at radius 1 is 1.38 bits per heavy atom. The minimum atomic E-state index is -0.763. The summed E-state index contributed by atoms with van der Waals surface area (Å²) in [6, 6.07) is -0.420. The van der Waals surface area contributed by atoms with E-state index in [0.717, 1.165) is 51.3 Å². The zero-order valence-corrected chi connectivity index (χ0v) is 12.8. The maximum Gasteiger partial charge on any atom is 0.320 e. The van der Waals surface area contributed by atoms with Gasteiger partial charge in [-0.15, -0.1) is 0 Å². The minimum absolute atomic E-state index is 0.420. The van der Waals surface area contributed by atoms with Gasteiger partial charge in [0.05, 0.1) is 6.54 Å². The smallest absolute Gasteiger partial charge is 0.320 e. The first-order valence-electron chi connectivity index (χ1n) is 7.60. The Balaban J connectivity index is 1.78. The van der Waals surface area contributed by atoms with Crippen LogP contribution in [0.3, 0.4) is 0 Å². The Labute approximate surface area is 124 Å². The number of hydrogen-bond donors (Lipinski definition) is 1. The molecular formula is C14H24N4O3. The molecule has 1 atom stereocenters. The van der Waals surface area contributed by atoms with Crippen LogP contribution in [-0.2, 0) is 17.8 Å². The van der Waals surface area contributed by atoms with Crippen LogP contribution in [0.2, 0.25) is 0 Å². The van der Waals surface area contributed by atoms with Crippen molar-refractivity contribution in [2.75, 3.05) is 26.2 Å². The lowest BCUT2D eigenvalue weighted by Crippen LogP contribution is -2.51. The van der Waals surface area contributed by atoms with E-state index in [1.54, 1.807) is 6.92 Å². The van der Waals surface area contributed by atoms with E-state index < -0.39 is 12.0 Å². The Morgan fingerprint density at radius 3 is 2.71 bits per heavy atom. The fourth-order valence-corrected chi connectivity index (χ4v) is 2.45. The van der Waals surface area contributed by atoms with E-state index in [-0.39, 0.29) is 0 Å². The first kappa shape index (κ1) is 15.9. The summed E-state index contributed by atoms with van der Waals surface area (Å²) in [5, 5.41) is 13.0. The summed E-state index contributed by atoms with van der Waals surface area (Å²) in [5.41, 5.74) is 0. The summed E-state index contributed by atoms with van der Waals surface area (Å²) in [7, 11) is 0. The molecule has 1 N–H and O–H groups in total. The molecule has 0 bridgehead atoms. The molecule has 0 saturated carbocycles. The highest BCUT2D eigenvalue weighted by molar-refractivity contribution is 5.72. The summed E-state index contributed by atoms with van der Waals surface area (Å²) in [4.78, 5) is 19.6. The van der Waals surface area contributed by atoms with Crippen LogP contribution >= 0.6 is 0 Å². The number of aromatic nitrogens is 2. The maximum absolute atomic E-state index is 11.0. The number of nitrogens with zero attached hydrogens (tertiary/aromatic N) is 4. The topological polar surface area (TPSA) is 82.7 Å². The Bertz CT molecular complexity index is 455. The van der Waals surface area contributed by atoms with Crippen LogP contribution in [0.15, 0.2) is 4.52 Å². The quantitative estimate of drug-likeness (QED) is 0.803. The number of hydrogen-bond acceptors (Lipinski definition) is 6. The fourth-order valence-electron chi connectivity index (χ4n) is 2.45. The number of rotatable bonds is 7. The van der Waals surface area contributed by atoms with E-state index in [0.29, 0.717) is 12.4 Å². The predicted octanol–water partition coefficient (Wildman–Crippen LogP) is 1.00. The van der Waals surface area contributed by atoms with Crippen molar-refractivity contribution in [1.29, 1.82) is 0 Å². The van der Waals surface area contributed by atoms with E-state index in [2.05, 4.69) is 22.0 Å². The summed E-state index contributed by atoms with van der Waals surface area (Å²) >= 11 is 0. The van der Waals surface area contributed by atoms with Crippen LogP contribution in [0.5, 0.6) is 0 Å². The van der Waals surface area contributed by atoms with Gasteiger partial charge in [-0.1, -0.05) is 18.5 Å². The number of aliphatic carboxylic acids is 1. The third kappa shape index (κ3) is 4.50. The molecule has 0 aliphatic carbocycles. The normalized spacial score (nSPS) is 18.8. The third-order valence-corrected chi connectivity index (χ3v) is 3.93. The second kappa shape index (κ2) is 7.51. The Hall–Kier alpha value is -1.47. The van der Waals surface area contributed by atoms with E-state index in [4.69, 9.17) is 9.63 Å². The molecule has 2 heterocycles. The van der Waals surface area contributed by atoms with Gasteiger partial charge in [-0.05, 0) is 13.3 Å². The van der Waals surface area contributed by atoms with Gasteiger partial charge in [0.25, 0.3) is 0 Å². The second-order valence-corrected chi connectivity index (χ2v) is 5.53. The SMILES string of the molecule is CCCCc1noc(CN2CCN(C(C)C(=O)O)CC2)n1. The van der Waals surface area contributed by atoms with Gasteiger partial charge < -0.3 is 9.63 Å². The van der Waals surface area contributed by atoms with Crippen molar-refractivity contribution in [2.45, 2.75) is 45.7 Å². The van der Waals surface area contributed by atoms with Crippen LogP contribution in [0, 0.1) is 0 Å². The molecule has 7 heteroatoms. The van der Waals surface area contributed by atoms with Crippen molar-refractivity contribution in [2.24, 2.45) is 0 Å². The molecular weight excluding hydrogens is 272 g/mol. The molecule has 0 aromatic carbocycles. The molecule has 2 rings (SSSR count). The van der Waals surface area contributed by atoms with Crippen LogP contribution < -0.4 is 0 Å². The number of carbonyl (C=O) groups is 1. The summed E-state index contributed by atoms with van der Waals surface area (Å²) in [6.45, 7) is 7.67. The van der Waals surface area contributed by atoms with E-state index in [1.165, 1.54) is 0 Å². The van der Waals surface area contributed by atoms with Crippen molar-refractivity contribution in [3.63, 3.8) is 0 Å². The molecule has 1 aliphatic heterocycles. The lowest BCUT2D eigenvalue weighted by Gasteiger charge is -2.35. The molecule has 1 unspecified atom stereocenters. The van der Waals surface area contributed by atoms with Crippen LogP contribution in [-0.4, -0.2) is 63.2 Å². The Morgan fingerprint density at radius 2 is 2.10 bits per heavy atom. The first-order chi connectivity index (χ1) is 10.1. The highest BCUT2D eigenvalue weighted by atomic mass is 16.5. The number of aryl methyl sites for hydroxylation is 1. The van der Waals surface area contributed by atoms with Gasteiger partial charge >= 0.3 is 5.97 Å². The zero-order valence-electron chi connectivity index (χ0n) is 12.8. The molecule has 1 fully saturated rings. The Kier molecular flexibility index (Phi) is 5.69. The predicted molar refractivity (Wildman–Crippen MR) is 76.9 cm³/mol. The molecule has 1 aromatic rings. The van der Waals surface area contributed by atoms with Gasteiger partial charge in [-0.3, -0.25) is 14.6 Å². The monoisotopic (exact) mass is 296 g/mol. The van der Waals surface area contributed by atoms with Gasteiger partial charge in [0, 0.05) is 32.6 Å². The summed E-state index contributed by atoms with van der Waals surface area (Å²) in [6.07, 6.45) is 3.06. The van der Waals surface area contributed by atoms with Crippen molar-refractivity contribution in [3.8, 4) is 0 Å². The van der Waals surface area contributed by atoms with Gasteiger partial charge in [0.1, 0.15) is 6.04 Å². The lowest BCUT2D eigenvalue weighted by molar-refractivity contribution is -0.143. The number of carboxylic acid groups (broad SMARTS) is 1. The van der Waals surface area contributed by atoms with Gasteiger partial charge in [-0.25, -0.2) is 0 Å². The number of piperazine rings is 1. The molecule has 1 saturated heterocycles. The average Bonchev–Trinajstić information content (AvgIpc) is 2.92. The first-order valence-corrected chi connectivity index (χ1v) is 7.60. The van der Waals surface area contributed by atoms with Crippen molar-refractivity contribution in [1.82, 2.24) is 19.9 Å². The van der Waals surface area contributed by atoms with Crippen molar-refractivity contribution < 1.29 is 14.4 Å². The highest BCUT2D eigenvalue weighted by Crippen LogP contribution is 2.10. The third-order valence-electron chi connectivity index (χ3n) is 3.93. The zero-order chi connectivity index (χ0) is 15.2. The van der Waals surface area contributed by atoms with Gasteiger partial charge in [-0.2, -0.15) is 4.98 Å². The summed E-state index contributed by atoms with van der Waals surface area (Å²) < 4.78 is 5.27. The maximum atomic E-state index is 11.0. The van der Waals surface area contributed by atoms with Crippen molar-refractivity contribution in [3.05, 3.63) is 11.7 Å². The molecule has 21 heavy (non-hydrogen) atoms. The molecule has 1 aromatic heterocycles. The fraction of sp³-hybridized carbons (Fsp3) is 0.786. The molecule has 118 valence electrons. The largest absolute Gasteiger partial charge is 0.480 e. The average molecular weight is 296 g/mol. The van der Waals surface area contributed by atoms with Gasteiger partial charge in [0.15, 0.2) is 5.82 Å². The van der Waals surface area contributed by atoms with E-state index in [1.807, 2.05) is 4.90 Å². The minimum Gasteiger partial charge on any atom is -0.480 e. The molecule has 7 nitrogen and oxygen atoms in total. The molecule has 0 spiro atoms. The van der Waals surface area contributed by atoms with Gasteiger partial charge in [0.2, 0.25) is 5.89 Å². The molecule has 1 aliphatic rings. The van der Waals surface area contributed by atoms with Crippen molar-refractivity contribution >= 4 is 5.97 Å². The van der Waals surface area contributed by atoms with Crippen LogP contribution in [0.1, 0.15) is 38.4 Å². The number of unbranched alkanes of at least 4 members (excludes halogenated alkanes) is 1. The highest BCUT2D eigenvalue weighted by Gasteiger charge is 2.25. The second-order valence-electron chi connectivity index (χ2n) is 5.53. The standard InChI is InChI=1S/C14H24N4O3/c1-3-4-5-12-15-13(21-16-12)10-17-6-8-18(9-7-17)11(2)14(19)20/h11H,3-10H2,1-2H3,(H,19,20). The molecule has 0 radical (unpaired) electrons. The van der Waals surface area contributed by atoms with E-state index in [9.17, 15) is 4.79 Å². The number of carboxylic acids is 1. The summed E-state index contributed by atoms with van der Waals surface area (Å²) in [5.74, 6) is 0.673. The van der Waals surface area contributed by atoms with Crippen LogP contribution in [0.4, 0.5) is 0 Å². The lowest BCUT2D eigenvalue weighted by atomic mass is 10.2.